The topological polar surface area (TPSA) is 92.9 Å². The molecule has 0 aliphatic heterocycles. The maximum Gasteiger partial charge on any atom is 0.354 e. The van der Waals surface area contributed by atoms with Crippen molar-refractivity contribution < 1.29 is 9.90 Å². The normalized spacial score (nSPS) is 10.3. The highest BCUT2D eigenvalue weighted by Gasteiger charge is 2.08. The number of carboxylic acid groups (broad SMARTS) is 1. The van der Waals surface area contributed by atoms with E-state index in [4.69, 9.17) is 5.11 Å². The fourth-order valence-electron chi connectivity index (χ4n) is 1.47. The average molecular weight is 247 g/mol. The molecule has 0 amide bonds. The first kappa shape index (κ1) is 12.0. The van der Waals surface area contributed by atoms with Gasteiger partial charge >= 0.3 is 5.97 Å². The van der Waals surface area contributed by atoms with Gasteiger partial charge in [-0.3, -0.25) is 4.68 Å². The number of aromatic nitrogens is 4. The number of carbonyl (C=O) groups is 1. The van der Waals surface area contributed by atoms with Gasteiger partial charge in [-0.1, -0.05) is 0 Å². The van der Waals surface area contributed by atoms with Crippen molar-refractivity contribution in [1.29, 1.82) is 0 Å². The minimum atomic E-state index is -1.06. The van der Waals surface area contributed by atoms with Crippen LogP contribution in [0.2, 0.25) is 0 Å². The maximum absolute atomic E-state index is 10.8. The highest BCUT2D eigenvalue weighted by Crippen LogP contribution is 2.04. The Morgan fingerprint density at radius 2 is 2.33 bits per heavy atom. The van der Waals surface area contributed by atoms with Gasteiger partial charge in [-0.15, -0.1) is 0 Å². The number of hydrogen-bond acceptors (Lipinski definition) is 5. The van der Waals surface area contributed by atoms with E-state index >= 15 is 0 Å². The Morgan fingerprint density at radius 1 is 1.50 bits per heavy atom. The lowest BCUT2D eigenvalue weighted by Gasteiger charge is -2.06. The largest absolute Gasteiger partial charge is 0.477 e. The lowest BCUT2D eigenvalue weighted by atomic mass is 10.3. The van der Waals surface area contributed by atoms with E-state index in [9.17, 15) is 4.79 Å². The second kappa shape index (κ2) is 5.26. The predicted molar refractivity (Wildman–Crippen MR) is 64.4 cm³/mol. The molecule has 2 aromatic heterocycles. The zero-order valence-corrected chi connectivity index (χ0v) is 9.87. The average Bonchev–Trinajstić information content (AvgIpc) is 2.81. The summed E-state index contributed by atoms with van der Waals surface area (Å²) in [6, 6.07) is 3.27. The van der Waals surface area contributed by atoms with Crippen molar-refractivity contribution in [2.24, 2.45) is 0 Å². The predicted octanol–water partition coefficient (Wildman–Crippen LogP) is 0.792. The number of nitrogens with zero attached hydrogens (tertiary/aromatic N) is 4. The van der Waals surface area contributed by atoms with E-state index < -0.39 is 5.97 Å². The summed E-state index contributed by atoms with van der Waals surface area (Å²) in [5.74, 6) is -0.741. The van der Waals surface area contributed by atoms with Gasteiger partial charge in [0.1, 0.15) is 0 Å². The Kier molecular flexibility index (Phi) is 3.52. The van der Waals surface area contributed by atoms with Crippen molar-refractivity contribution >= 4 is 11.9 Å². The van der Waals surface area contributed by atoms with E-state index in [1.165, 1.54) is 6.07 Å². The molecule has 2 heterocycles. The third kappa shape index (κ3) is 3.03. The summed E-state index contributed by atoms with van der Waals surface area (Å²) in [6.07, 6.45) is 3.55. The minimum Gasteiger partial charge on any atom is -0.477 e. The van der Waals surface area contributed by atoms with Crippen LogP contribution in [0.4, 0.5) is 5.95 Å². The molecule has 0 fully saturated rings. The number of hydrogen-bond donors (Lipinski definition) is 2. The molecule has 2 N–H and O–H groups in total. The van der Waals surface area contributed by atoms with Crippen LogP contribution in [0.1, 0.15) is 16.2 Å². The van der Waals surface area contributed by atoms with E-state index in [0.29, 0.717) is 24.7 Å². The molecule has 18 heavy (non-hydrogen) atoms. The van der Waals surface area contributed by atoms with Crippen molar-refractivity contribution in [2.75, 3.05) is 11.9 Å². The molecule has 0 aliphatic rings. The smallest absolute Gasteiger partial charge is 0.354 e. The molecule has 94 valence electrons. The van der Waals surface area contributed by atoms with Gasteiger partial charge in [-0.25, -0.2) is 14.8 Å². The van der Waals surface area contributed by atoms with Gasteiger partial charge in [0.2, 0.25) is 5.95 Å². The van der Waals surface area contributed by atoms with E-state index in [0.717, 1.165) is 0 Å². The Bertz CT molecular complexity index is 538. The number of aryl methyl sites for hydroxylation is 1. The summed E-state index contributed by atoms with van der Waals surface area (Å²) in [5.41, 5.74) is 0.605. The second-order valence-corrected chi connectivity index (χ2v) is 3.72. The highest BCUT2D eigenvalue weighted by atomic mass is 16.4. The van der Waals surface area contributed by atoms with Gasteiger partial charge in [0.25, 0.3) is 0 Å². The van der Waals surface area contributed by atoms with Crippen LogP contribution in [-0.2, 0) is 6.54 Å². The fourth-order valence-corrected chi connectivity index (χ4v) is 1.47. The van der Waals surface area contributed by atoms with E-state index in [1.807, 2.05) is 12.3 Å². The molecule has 0 spiro atoms. The van der Waals surface area contributed by atoms with Crippen LogP contribution < -0.4 is 5.32 Å². The number of anilines is 1. The molecule has 0 atom stereocenters. The zero-order valence-electron chi connectivity index (χ0n) is 9.87. The Morgan fingerprint density at radius 3 is 3.00 bits per heavy atom. The third-order valence-corrected chi connectivity index (χ3v) is 2.26. The van der Waals surface area contributed by atoms with Gasteiger partial charge in [0.05, 0.1) is 6.54 Å². The van der Waals surface area contributed by atoms with Crippen LogP contribution >= 0.6 is 0 Å². The van der Waals surface area contributed by atoms with Crippen LogP contribution in [0.5, 0.6) is 0 Å². The third-order valence-electron chi connectivity index (χ3n) is 2.26. The summed E-state index contributed by atoms with van der Waals surface area (Å²) in [4.78, 5) is 18.9. The molecule has 0 unspecified atom stereocenters. The fraction of sp³-hybridized carbons (Fsp3) is 0.273. The van der Waals surface area contributed by atoms with Crippen LogP contribution in [0.3, 0.4) is 0 Å². The summed E-state index contributed by atoms with van der Waals surface area (Å²) >= 11 is 0. The minimum absolute atomic E-state index is 0.0101. The first-order chi connectivity index (χ1) is 8.65. The van der Waals surface area contributed by atoms with Crippen LogP contribution in [0.25, 0.3) is 0 Å². The lowest BCUT2D eigenvalue weighted by molar-refractivity contribution is 0.0690. The molecule has 0 saturated heterocycles. The molecule has 2 rings (SSSR count). The molecule has 7 heteroatoms. The molecule has 0 bridgehead atoms. The van der Waals surface area contributed by atoms with E-state index in [2.05, 4.69) is 20.4 Å². The van der Waals surface area contributed by atoms with E-state index in [-0.39, 0.29) is 5.69 Å². The first-order valence-electron chi connectivity index (χ1n) is 5.45. The molecule has 0 aliphatic carbocycles. The lowest BCUT2D eigenvalue weighted by Crippen LogP contribution is -2.14. The molecule has 0 radical (unpaired) electrons. The second-order valence-electron chi connectivity index (χ2n) is 3.72. The summed E-state index contributed by atoms with van der Waals surface area (Å²) in [6.45, 7) is 2.96. The van der Waals surface area contributed by atoms with Crippen LogP contribution in [-0.4, -0.2) is 37.4 Å². The molecule has 2 aromatic rings. The maximum atomic E-state index is 10.8. The number of aromatic carboxylic acids is 1. The zero-order chi connectivity index (χ0) is 13.0. The van der Waals surface area contributed by atoms with Gasteiger partial charge in [-0.2, -0.15) is 5.10 Å². The van der Waals surface area contributed by atoms with Crippen LogP contribution in [0, 0.1) is 6.92 Å². The number of nitrogens with one attached hydrogen (secondary N) is 1. The van der Waals surface area contributed by atoms with E-state index in [1.54, 1.807) is 17.8 Å². The summed E-state index contributed by atoms with van der Waals surface area (Å²) in [7, 11) is 0. The number of rotatable bonds is 5. The molecule has 0 aromatic carbocycles. The molecular weight excluding hydrogens is 234 g/mol. The first-order valence-corrected chi connectivity index (χ1v) is 5.45. The molecule has 7 nitrogen and oxygen atoms in total. The molecular formula is C11H13N5O2. The van der Waals surface area contributed by atoms with Crippen molar-refractivity contribution in [3.63, 3.8) is 0 Å². The Balaban J connectivity index is 1.98. The van der Waals surface area contributed by atoms with Crippen molar-refractivity contribution in [2.45, 2.75) is 13.5 Å². The Labute approximate surface area is 104 Å². The van der Waals surface area contributed by atoms with Crippen LogP contribution in [0.15, 0.2) is 24.5 Å². The summed E-state index contributed by atoms with van der Waals surface area (Å²) in [5, 5.41) is 15.9. The van der Waals surface area contributed by atoms with Crippen molar-refractivity contribution in [3.8, 4) is 0 Å². The Hall–Kier alpha value is -2.44. The SMILES string of the molecule is Cc1cc(C(=O)O)nc(NCCn2cccn2)n1. The number of carboxylic acids is 1. The summed E-state index contributed by atoms with van der Waals surface area (Å²) < 4.78 is 1.76. The van der Waals surface area contributed by atoms with Gasteiger partial charge in [-0.05, 0) is 19.1 Å². The van der Waals surface area contributed by atoms with Crippen molar-refractivity contribution in [1.82, 2.24) is 19.7 Å². The molecule has 0 saturated carbocycles. The van der Waals surface area contributed by atoms with Gasteiger partial charge in [0.15, 0.2) is 5.69 Å². The standard InChI is InChI=1S/C11H13N5O2/c1-8-7-9(10(17)18)15-11(14-8)12-4-6-16-5-2-3-13-16/h2-3,5,7H,4,6H2,1H3,(H,17,18)(H,12,14,15). The monoisotopic (exact) mass is 247 g/mol. The highest BCUT2D eigenvalue weighted by molar-refractivity contribution is 5.85. The van der Waals surface area contributed by atoms with Crippen molar-refractivity contribution in [3.05, 3.63) is 35.9 Å². The quantitative estimate of drug-likeness (QED) is 0.811. The van der Waals surface area contributed by atoms with Gasteiger partial charge in [0, 0.05) is 24.6 Å². The van der Waals surface area contributed by atoms with Gasteiger partial charge < -0.3 is 10.4 Å².